The highest BCUT2D eigenvalue weighted by molar-refractivity contribution is 5.76. The van der Waals surface area contributed by atoms with E-state index in [9.17, 15) is 19.8 Å². The van der Waals surface area contributed by atoms with Gasteiger partial charge in [0.2, 0.25) is 5.91 Å². The van der Waals surface area contributed by atoms with E-state index in [-0.39, 0.29) is 18.5 Å². The van der Waals surface area contributed by atoms with Crippen molar-refractivity contribution < 1.29 is 24.5 Å². The fraction of sp³-hybridized carbons (Fsp3) is 0.938. The SMILES string of the molecule is CCCCC/C=C\CCCCCCCC(=O)OCCCCCCCCCCCCCCCCCCCCCCCCCCCCCCCCC(=O)NC(CO)C(O)CCCCCCCCCCCCCC. The molecule has 0 radical (unpaired) electrons. The van der Waals surface area contributed by atoms with Crippen LogP contribution in [0.5, 0.6) is 0 Å². The van der Waals surface area contributed by atoms with Crippen molar-refractivity contribution in [2.24, 2.45) is 0 Å². The molecule has 0 spiro atoms. The Hall–Kier alpha value is -1.40. The van der Waals surface area contributed by atoms with Crippen LogP contribution in [0.4, 0.5) is 0 Å². The molecule has 71 heavy (non-hydrogen) atoms. The van der Waals surface area contributed by atoms with Crippen molar-refractivity contribution >= 4 is 11.9 Å². The quantitative estimate of drug-likeness (QED) is 0.0320. The summed E-state index contributed by atoms with van der Waals surface area (Å²) in [5.74, 6) is -0.0192. The molecule has 0 saturated carbocycles. The molecule has 0 saturated heterocycles. The highest BCUT2D eigenvalue weighted by atomic mass is 16.5. The van der Waals surface area contributed by atoms with E-state index < -0.39 is 12.1 Å². The average molecular weight is 1000 g/mol. The minimum atomic E-state index is -0.659. The van der Waals surface area contributed by atoms with E-state index in [0.29, 0.717) is 25.9 Å². The number of ether oxygens (including phenoxy) is 1. The third-order valence-electron chi connectivity index (χ3n) is 15.3. The van der Waals surface area contributed by atoms with Crippen LogP contribution in [0, 0.1) is 0 Å². The van der Waals surface area contributed by atoms with E-state index in [1.54, 1.807) is 0 Å². The van der Waals surface area contributed by atoms with Crippen LogP contribution < -0.4 is 5.32 Å². The lowest BCUT2D eigenvalue weighted by Gasteiger charge is -2.22. The molecule has 0 aliphatic carbocycles. The largest absolute Gasteiger partial charge is 0.466 e. The van der Waals surface area contributed by atoms with Crippen LogP contribution in [0.15, 0.2) is 12.2 Å². The van der Waals surface area contributed by atoms with Gasteiger partial charge in [-0.2, -0.15) is 0 Å². The molecular weight excluding hydrogens is 875 g/mol. The van der Waals surface area contributed by atoms with Crippen LogP contribution in [0.2, 0.25) is 0 Å². The molecule has 0 aliphatic heterocycles. The predicted octanol–water partition coefficient (Wildman–Crippen LogP) is 20.4. The van der Waals surface area contributed by atoms with Gasteiger partial charge in [-0.1, -0.05) is 315 Å². The first-order valence-electron chi connectivity index (χ1n) is 32.4. The molecular formula is C65H127NO5. The fourth-order valence-corrected chi connectivity index (χ4v) is 10.3. The summed E-state index contributed by atoms with van der Waals surface area (Å²) in [5, 5.41) is 23.2. The average Bonchev–Trinajstić information content (AvgIpc) is 3.37. The van der Waals surface area contributed by atoms with Crippen LogP contribution in [-0.2, 0) is 14.3 Å². The van der Waals surface area contributed by atoms with E-state index >= 15 is 0 Å². The number of allylic oxidation sites excluding steroid dienone is 2. The minimum absolute atomic E-state index is 0.0104. The first-order chi connectivity index (χ1) is 35.0. The summed E-state index contributed by atoms with van der Waals surface area (Å²) in [6.45, 7) is 4.95. The second-order valence-electron chi connectivity index (χ2n) is 22.5. The summed E-state index contributed by atoms with van der Waals surface area (Å²) in [4.78, 5) is 24.5. The van der Waals surface area contributed by atoms with E-state index in [4.69, 9.17) is 4.74 Å². The summed E-state index contributed by atoms with van der Waals surface area (Å²) < 4.78 is 5.47. The number of hydrogen-bond acceptors (Lipinski definition) is 5. The number of amides is 1. The summed E-state index contributed by atoms with van der Waals surface area (Å²) in [5.41, 5.74) is 0. The molecule has 0 bridgehead atoms. The van der Waals surface area contributed by atoms with Crippen molar-refractivity contribution in [1.29, 1.82) is 0 Å². The maximum Gasteiger partial charge on any atom is 0.305 e. The third-order valence-corrected chi connectivity index (χ3v) is 15.3. The van der Waals surface area contributed by atoms with Gasteiger partial charge in [0.25, 0.3) is 0 Å². The van der Waals surface area contributed by atoms with Gasteiger partial charge in [0.1, 0.15) is 0 Å². The van der Waals surface area contributed by atoms with Gasteiger partial charge in [0.05, 0.1) is 25.4 Å². The number of carbonyl (C=O) groups excluding carboxylic acids is 2. The third kappa shape index (κ3) is 57.7. The Balaban J connectivity index is 3.31. The van der Waals surface area contributed by atoms with E-state index in [0.717, 1.165) is 44.9 Å². The standard InChI is InChI=1S/C65H127NO5/c1-3-5-7-9-11-13-15-37-41-45-49-53-57-63(68)62(61-67)66-64(69)58-54-50-46-42-38-35-33-31-29-27-25-23-21-19-17-18-20-22-24-26-28-30-32-34-36-40-44-48-52-56-60-71-65(70)59-55-51-47-43-39-16-14-12-10-8-6-4-2/h12,14,62-63,67-68H,3-11,13,15-61H2,1-2H3,(H,66,69)/b14-12-. The zero-order valence-corrected chi connectivity index (χ0v) is 48.2. The maximum atomic E-state index is 12.5. The molecule has 0 aromatic heterocycles. The number of unbranched alkanes of at least 4 members (excludes halogenated alkanes) is 48. The Labute approximate surface area is 444 Å². The Morgan fingerprint density at radius 1 is 0.380 bits per heavy atom. The monoisotopic (exact) mass is 1000 g/mol. The van der Waals surface area contributed by atoms with Crippen molar-refractivity contribution in [3.8, 4) is 0 Å². The van der Waals surface area contributed by atoms with Crippen LogP contribution in [0.3, 0.4) is 0 Å². The molecule has 422 valence electrons. The van der Waals surface area contributed by atoms with Gasteiger partial charge in [0.15, 0.2) is 0 Å². The number of aliphatic hydroxyl groups is 2. The molecule has 6 nitrogen and oxygen atoms in total. The van der Waals surface area contributed by atoms with Crippen LogP contribution in [0.1, 0.15) is 367 Å². The molecule has 0 aliphatic rings. The number of hydrogen-bond donors (Lipinski definition) is 3. The first kappa shape index (κ1) is 69.6. The second-order valence-corrected chi connectivity index (χ2v) is 22.5. The molecule has 6 heteroatoms. The molecule has 0 fully saturated rings. The molecule has 0 rings (SSSR count). The van der Waals surface area contributed by atoms with E-state index in [1.807, 2.05) is 0 Å². The van der Waals surface area contributed by atoms with Crippen molar-refractivity contribution in [1.82, 2.24) is 5.32 Å². The molecule has 3 N–H and O–H groups in total. The van der Waals surface area contributed by atoms with E-state index in [2.05, 4.69) is 31.3 Å². The number of carbonyl (C=O) groups is 2. The Morgan fingerprint density at radius 3 is 1.03 bits per heavy atom. The normalized spacial score (nSPS) is 12.6. The lowest BCUT2D eigenvalue weighted by molar-refractivity contribution is -0.143. The van der Waals surface area contributed by atoms with Crippen LogP contribution in [0.25, 0.3) is 0 Å². The van der Waals surface area contributed by atoms with Crippen molar-refractivity contribution in [2.75, 3.05) is 13.2 Å². The second kappa shape index (κ2) is 61.1. The minimum Gasteiger partial charge on any atom is -0.466 e. The summed E-state index contributed by atoms with van der Waals surface area (Å²) in [6.07, 6.45) is 73.9. The zero-order chi connectivity index (χ0) is 51.4. The summed E-state index contributed by atoms with van der Waals surface area (Å²) in [6, 6.07) is -0.536. The van der Waals surface area contributed by atoms with E-state index in [1.165, 1.54) is 289 Å². The van der Waals surface area contributed by atoms with Gasteiger partial charge < -0.3 is 20.3 Å². The topological polar surface area (TPSA) is 95.9 Å². The fourth-order valence-electron chi connectivity index (χ4n) is 10.3. The molecule has 1 amide bonds. The molecule has 2 unspecified atom stereocenters. The highest BCUT2D eigenvalue weighted by Crippen LogP contribution is 2.19. The first-order valence-corrected chi connectivity index (χ1v) is 32.4. The van der Waals surface area contributed by atoms with Gasteiger partial charge in [-0.05, 0) is 51.4 Å². The van der Waals surface area contributed by atoms with Crippen molar-refractivity contribution in [3.63, 3.8) is 0 Å². The number of rotatable bonds is 61. The molecule has 0 aromatic carbocycles. The van der Waals surface area contributed by atoms with Gasteiger partial charge in [-0.3, -0.25) is 9.59 Å². The van der Waals surface area contributed by atoms with Gasteiger partial charge in [-0.25, -0.2) is 0 Å². The summed E-state index contributed by atoms with van der Waals surface area (Å²) >= 11 is 0. The van der Waals surface area contributed by atoms with Gasteiger partial charge in [-0.15, -0.1) is 0 Å². The molecule has 0 heterocycles. The number of esters is 1. The van der Waals surface area contributed by atoms with Gasteiger partial charge in [0, 0.05) is 12.8 Å². The zero-order valence-electron chi connectivity index (χ0n) is 48.2. The Kier molecular flexibility index (Phi) is 59.9. The van der Waals surface area contributed by atoms with Crippen LogP contribution in [-0.4, -0.2) is 47.4 Å². The maximum absolute atomic E-state index is 12.5. The Morgan fingerprint density at radius 2 is 0.662 bits per heavy atom. The smallest absolute Gasteiger partial charge is 0.305 e. The molecule has 2 atom stereocenters. The number of aliphatic hydroxyl groups excluding tert-OH is 2. The highest BCUT2D eigenvalue weighted by Gasteiger charge is 2.20. The van der Waals surface area contributed by atoms with Crippen molar-refractivity contribution in [2.45, 2.75) is 379 Å². The van der Waals surface area contributed by atoms with Gasteiger partial charge >= 0.3 is 5.97 Å². The van der Waals surface area contributed by atoms with Crippen LogP contribution >= 0.6 is 0 Å². The Bertz CT molecular complexity index is 1060. The lowest BCUT2D eigenvalue weighted by Crippen LogP contribution is -2.45. The summed E-state index contributed by atoms with van der Waals surface area (Å²) in [7, 11) is 0. The molecule has 0 aromatic rings. The predicted molar refractivity (Wildman–Crippen MR) is 310 cm³/mol. The van der Waals surface area contributed by atoms with Crippen molar-refractivity contribution in [3.05, 3.63) is 12.2 Å². The lowest BCUT2D eigenvalue weighted by atomic mass is 10.0. The number of nitrogens with one attached hydrogen (secondary N) is 1.